The van der Waals surface area contributed by atoms with Gasteiger partial charge in [0.1, 0.15) is 0 Å². The van der Waals surface area contributed by atoms with E-state index >= 15 is 0 Å². The zero-order chi connectivity index (χ0) is 19.4. The first-order valence-electron chi connectivity index (χ1n) is 9.50. The van der Waals surface area contributed by atoms with E-state index in [0.717, 1.165) is 19.3 Å². The molecular formula is C20H32NaO5S. The molecule has 27 heavy (non-hydrogen) atoms. The Morgan fingerprint density at radius 3 is 2.22 bits per heavy atom. The predicted octanol–water partition coefficient (Wildman–Crippen LogP) is 4.47. The van der Waals surface area contributed by atoms with Gasteiger partial charge in [-0.3, -0.25) is 8.98 Å². The van der Waals surface area contributed by atoms with Crippen LogP contribution in [0.5, 0.6) is 0 Å². The number of carbonyl (C=O) groups is 1. The largest absolute Gasteiger partial charge is 0.463 e. The average Bonchev–Trinajstić information content (AvgIpc) is 2.59. The van der Waals surface area contributed by atoms with Crippen molar-refractivity contribution in [2.24, 2.45) is 0 Å². The van der Waals surface area contributed by atoms with Crippen molar-refractivity contribution in [1.82, 2.24) is 0 Å². The molecule has 0 fully saturated rings. The molecule has 0 bridgehead atoms. The Kier molecular flexibility index (Phi) is 14.4. The van der Waals surface area contributed by atoms with Gasteiger partial charge in [-0.15, -0.1) is 0 Å². The molecule has 0 aliphatic carbocycles. The summed E-state index contributed by atoms with van der Waals surface area (Å²) in [6.45, 7) is 5.35. The fourth-order valence-electron chi connectivity index (χ4n) is 2.80. The summed E-state index contributed by atoms with van der Waals surface area (Å²) < 4.78 is 35.6. The zero-order valence-corrected chi connectivity index (χ0v) is 20.0. The third kappa shape index (κ3) is 11.9. The number of esters is 1. The molecule has 0 saturated carbocycles. The first kappa shape index (κ1) is 26.6. The van der Waals surface area contributed by atoms with Crippen LogP contribution in [0.1, 0.15) is 72.1 Å². The second-order valence-corrected chi connectivity index (χ2v) is 8.26. The van der Waals surface area contributed by atoms with Crippen LogP contribution in [0.25, 0.3) is 0 Å². The zero-order valence-electron chi connectivity index (χ0n) is 17.1. The van der Waals surface area contributed by atoms with Crippen LogP contribution in [0.2, 0.25) is 0 Å². The van der Waals surface area contributed by atoms with E-state index < -0.39 is 16.2 Å². The molecule has 1 aromatic carbocycles. The van der Waals surface area contributed by atoms with Gasteiger partial charge in [-0.1, -0.05) is 57.2 Å². The first-order chi connectivity index (χ1) is 12.3. The second-order valence-electron chi connectivity index (χ2n) is 6.69. The van der Waals surface area contributed by atoms with E-state index in [2.05, 4.69) is 6.92 Å². The molecule has 0 N–H and O–H groups in total. The number of unbranched alkanes of at least 4 members (excludes halogenated alkanes) is 4. The summed E-state index contributed by atoms with van der Waals surface area (Å²) in [6, 6.07) is 8.20. The van der Waals surface area contributed by atoms with Crippen LogP contribution in [-0.4, -0.2) is 56.2 Å². The van der Waals surface area contributed by atoms with Gasteiger partial charge in [0.25, 0.3) is 10.1 Å². The number of ether oxygens (including phenoxy) is 1. The van der Waals surface area contributed by atoms with E-state index in [1.165, 1.54) is 31.9 Å². The molecule has 0 heterocycles. The van der Waals surface area contributed by atoms with Crippen molar-refractivity contribution in [2.75, 3.05) is 0 Å². The van der Waals surface area contributed by atoms with Crippen molar-refractivity contribution in [3.63, 3.8) is 0 Å². The van der Waals surface area contributed by atoms with Gasteiger partial charge in [0.2, 0.25) is 0 Å². The Balaban J connectivity index is 0.00000676. The van der Waals surface area contributed by atoms with Gasteiger partial charge in [0, 0.05) is 36.5 Å². The second kappa shape index (κ2) is 14.6. The van der Waals surface area contributed by atoms with Gasteiger partial charge >= 0.3 is 5.97 Å². The number of rotatable bonds is 13. The van der Waals surface area contributed by atoms with Crippen LogP contribution in [0.15, 0.2) is 35.2 Å². The number of hydrogen-bond acceptors (Lipinski definition) is 5. The third-order valence-corrected chi connectivity index (χ3v) is 5.56. The van der Waals surface area contributed by atoms with Crippen molar-refractivity contribution in [3.8, 4) is 0 Å². The van der Waals surface area contributed by atoms with Crippen LogP contribution in [0.3, 0.4) is 0 Å². The quantitative estimate of drug-likeness (QED) is 0.209. The molecule has 7 heteroatoms. The molecule has 0 aliphatic rings. The third-order valence-electron chi connectivity index (χ3n) is 4.19. The maximum Gasteiger partial charge on any atom is 0.302 e. The standard InChI is InChI=1S/C20H32O5S.Na/c1-4-5-6-7-9-12-19(16-15-17(2)24-18(3)21)25-26(22,23)20-13-10-8-11-14-20;/h8,10-11,13-14,17,19H,4-7,9,12,15-16H2,1-3H3;. The minimum Gasteiger partial charge on any atom is -0.463 e. The van der Waals surface area contributed by atoms with Crippen molar-refractivity contribution in [1.29, 1.82) is 0 Å². The molecule has 2 atom stereocenters. The van der Waals surface area contributed by atoms with Crippen LogP contribution in [-0.2, 0) is 23.8 Å². The molecule has 2 unspecified atom stereocenters. The van der Waals surface area contributed by atoms with Gasteiger partial charge in [0.05, 0.1) is 17.1 Å². The Bertz CT molecular complexity index is 619. The summed E-state index contributed by atoms with van der Waals surface area (Å²) in [5.41, 5.74) is 0. The molecule has 0 amide bonds. The van der Waals surface area contributed by atoms with Crippen LogP contribution < -0.4 is 0 Å². The fourth-order valence-corrected chi connectivity index (χ4v) is 3.95. The van der Waals surface area contributed by atoms with E-state index in [1.807, 2.05) is 6.92 Å². The van der Waals surface area contributed by atoms with Gasteiger partial charge in [-0.25, -0.2) is 0 Å². The topological polar surface area (TPSA) is 69.7 Å². The summed E-state index contributed by atoms with van der Waals surface area (Å²) in [6.07, 6.45) is 6.64. The molecule has 1 aromatic rings. The minimum absolute atomic E-state index is 0. The van der Waals surface area contributed by atoms with Gasteiger partial charge in [-0.2, -0.15) is 8.42 Å². The molecule has 0 aromatic heterocycles. The summed E-state index contributed by atoms with van der Waals surface area (Å²) >= 11 is 0. The summed E-state index contributed by atoms with van der Waals surface area (Å²) in [7, 11) is -3.79. The van der Waals surface area contributed by atoms with Gasteiger partial charge < -0.3 is 4.74 Å². The van der Waals surface area contributed by atoms with E-state index in [-0.39, 0.29) is 46.5 Å². The number of hydrogen-bond donors (Lipinski definition) is 0. The molecule has 0 aliphatic heterocycles. The summed E-state index contributed by atoms with van der Waals surface area (Å²) in [4.78, 5) is 11.2. The number of benzene rings is 1. The molecule has 5 nitrogen and oxygen atoms in total. The average molecular weight is 408 g/mol. The predicted molar refractivity (Wildman–Crippen MR) is 108 cm³/mol. The smallest absolute Gasteiger partial charge is 0.302 e. The summed E-state index contributed by atoms with van der Waals surface area (Å²) in [5.74, 6) is -0.327. The Morgan fingerprint density at radius 2 is 1.63 bits per heavy atom. The molecule has 0 saturated heterocycles. The number of carbonyl (C=O) groups excluding carboxylic acids is 1. The van der Waals surface area contributed by atoms with Crippen molar-refractivity contribution in [2.45, 2.75) is 89.2 Å². The molecular weight excluding hydrogens is 375 g/mol. The minimum atomic E-state index is -3.79. The van der Waals surface area contributed by atoms with Gasteiger partial charge in [0.15, 0.2) is 0 Å². The van der Waals surface area contributed by atoms with Gasteiger partial charge in [-0.05, 0) is 38.3 Å². The molecule has 149 valence electrons. The van der Waals surface area contributed by atoms with Crippen molar-refractivity contribution >= 4 is 45.6 Å². The molecule has 1 radical (unpaired) electrons. The Labute approximate surface area is 186 Å². The molecule has 1 rings (SSSR count). The molecule has 0 spiro atoms. The van der Waals surface area contributed by atoms with E-state index in [4.69, 9.17) is 8.92 Å². The van der Waals surface area contributed by atoms with Crippen LogP contribution in [0.4, 0.5) is 0 Å². The SMILES string of the molecule is CCCCCCCC(CCC(C)OC(C)=O)OS(=O)(=O)c1ccccc1.[Na]. The monoisotopic (exact) mass is 407 g/mol. The maximum absolute atomic E-state index is 12.5. The Hall–Kier alpha value is -0.400. The Morgan fingerprint density at radius 1 is 1.00 bits per heavy atom. The van der Waals surface area contributed by atoms with Crippen LogP contribution >= 0.6 is 0 Å². The van der Waals surface area contributed by atoms with Crippen molar-refractivity contribution < 1.29 is 22.1 Å². The normalized spacial score (nSPS) is 13.4. The first-order valence-corrected chi connectivity index (χ1v) is 10.9. The summed E-state index contributed by atoms with van der Waals surface area (Å²) in [5, 5.41) is 0. The van der Waals surface area contributed by atoms with E-state index in [9.17, 15) is 13.2 Å². The van der Waals surface area contributed by atoms with E-state index in [0.29, 0.717) is 19.3 Å². The van der Waals surface area contributed by atoms with E-state index in [1.54, 1.807) is 18.2 Å². The fraction of sp³-hybridized carbons (Fsp3) is 0.650. The van der Waals surface area contributed by atoms with Crippen molar-refractivity contribution in [3.05, 3.63) is 30.3 Å². The maximum atomic E-state index is 12.5. The van der Waals surface area contributed by atoms with Crippen LogP contribution in [0, 0.1) is 0 Å².